The molecule has 5 heterocycles. The molecule has 6 rings (SSSR count). The second-order valence-corrected chi connectivity index (χ2v) is 15.2. The second kappa shape index (κ2) is 10.5. The molecule has 46 heavy (non-hydrogen) atoms. The second-order valence-electron chi connectivity index (χ2n) is 9.77. The lowest BCUT2D eigenvalue weighted by Gasteiger charge is -2.04. The van der Waals surface area contributed by atoms with Gasteiger partial charge in [-0.3, -0.25) is 18.2 Å². The first kappa shape index (κ1) is 31.4. The van der Waals surface area contributed by atoms with Crippen LogP contribution in [0, 0.1) is 0 Å². The van der Waals surface area contributed by atoms with E-state index >= 15 is 0 Å². The van der Waals surface area contributed by atoms with Crippen LogP contribution in [0.5, 0.6) is 0 Å². The van der Waals surface area contributed by atoms with Crippen molar-refractivity contribution in [3.63, 3.8) is 0 Å². The Hall–Kier alpha value is -4.54. The largest absolute Gasteiger partial charge is 0.353 e. The molecular formula is C26H18N4O12S4. The van der Waals surface area contributed by atoms with Crippen molar-refractivity contribution in [2.24, 2.45) is 0 Å². The Labute approximate surface area is 259 Å². The Balaban J connectivity index is 2.01. The van der Waals surface area contributed by atoms with Crippen molar-refractivity contribution in [3.05, 3.63) is 71.3 Å². The average molecular weight is 707 g/mol. The molecule has 2 aliphatic rings. The highest BCUT2D eigenvalue weighted by Crippen LogP contribution is 2.36. The fraction of sp³-hybridized carbons (Fsp3) is 0. The van der Waals surface area contributed by atoms with Crippen LogP contribution in [0.15, 0.2) is 68.1 Å². The topological polar surface area (TPSA) is 275 Å². The molecule has 3 aromatic heterocycles. The van der Waals surface area contributed by atoms with Crippen LogP contribution in [-0.4, -0.2) is 71.8 Å². The quantitative estimate of drug-likeness (QED) is 0.140. The minimum Gasteiger partial charge on any atom is -0.353 e. The van der Waals surface area contributed by atoms with Crippen LogP contribution in [-0.2, 0) is 40.5 Å². The number of rotatable bonds is 5. The van der Waals surface area contributed by atoms with E-state index in [4.69, 9.17) is 0 Å². The zero-order valence-corrected chi connectivity index (χ0v) is 25.8. The normalized spacial score (nSPS) is 13.7. The van der Waals surface area contributed by atoms with Crippen LogP contribution < -0.4 is 0 Å². The van der Waals surface area contributed by atoms with E-state index in [1.165, 1.54) is 12.2 Å². The number of hydrogen-bond acceptors (Lipinski definition) is 10. The maximum absolute atomic E-state index is 12.8. The molecule has 2 aliphatic heterocycles. The van der Waals surface area contributed by atoms with E-state index in [1.54, 1.807) is 30.3 Å². The molecule has 6 N–H and O–H groups in total. The summed E-state index contributed by atoms with van der Waals surface area (Å²) in [7, 11) is -21.0. The third kappa shape index (κ3) is 5.56. The van der Waals surface area contributed by atoms with E-state index in [9.17, 15) is 51.9 Å². The van der Waals surface area contributed by atoms with Crippen molar-refractivity contribution in [1.29, 1.82) is 0 Å². The minimum atomic E-state index is -5.41. The predicted molar refractivity (Wildman–Crippen MR) is 164 cm³/mol. The number of H-pyrrole nitrogens is 2. The van der Waals surface area contributed by atoms with E-state index in [1.807, 2.05) is 0 Å². The van der Waals surface area contributed by atoms with Crippen LogP contribution in [0.3, 0.4) is 0 Å². The molecule has 0 aliphatic carbocycles. The lowest BCUT2D eigenvalue weighted by molar-refractivity contribution is 0.480. The predicted octanol–water partition coefficient (Wildman–Crippen LogP) is 3.31. The SMILES string of the molecule is O=S(=O)(O)c1c2nc(c(-c3ccccc3)c3cc(S(=O)(=O)O)c([nH]3)c(S(=O)(=O)O)c3nc(c(S(=O)(=O)O)c4ccc1[nH]4)C=C3)C=C2. The number of aromatic nitrogens is 4. The first-order valence-corrected chi connectivity index (χ1v) is 18.3. The Kier molecular flexibility index (Phi) is 7.18. The highest BCUT2D eigenvalue weighted by molar-refractivity contribution is 7.87. The third-order valence-corrected chi connectivity index (χ3v) is 10.5. The standard InChI is InChI=1S/C26H18N4O12S4/c31-43(32,33)21-12-20-22(13-4-2-1-3-5-13)14-6-7-15(27-14)24(44(34,35)36)16-8-9-17(28-16)25(45(37,38)39)18-10-11-19(29-18)26(23(21)30-20)46(40,41)42/h1-12,28,30H,(H,31,32,33)(H,34,35,36)(H,37,38,39)(H,40,41,42). The number of hydrogen-bond donors (Lipinski definition) is 6. The van der Waals surface area contributed by atoms with E-state index < -0.39 is 82.5 Å². The fourth-order valence-corrected chi connectivity index (χ4v) is 8.19. The van der Waals surface area contributed by atoms with Gasteiger partial charge in [-0.1, -0.05) is 30.3 Å². The highest BCUT2D eigenvalue weighted by Gasteiger charge is 2.29. The molecule has 0 saturated heterocycles. The zero-order valence-electron chi connectivity index (χ0n) is 22.5. The van der Waals surface area contributed by atoms with Crippen LogP contribution >= 0.6 is 0 Å². The number of fused-ring (bicyclic) bond motifs is 8. The van der Waals surface area contributed by atoms with Crippen LogP contribution in [0.1, 0.15) is 22.8 Å². The van der Waals surface area contributed by atoms with Gasteiger partial charge in [-0.25, -0.2) is 9.97 Å². The molecule has 0 fully saturated rings. The van der Waals surface area contributed by atoms with Gasteiger partial charge < -0.3 is 9.97 Å². The number of nitrogens with zero attached hydrogens (tertiary/aromatic N) is 2. The van der Waals surface area contributed by atoms with Crippen molar-refractivity contribution in [2.45, 2.75) is 19.6 Å². The van der Waals surface area contributed by atoms with Crippen molar-refractivity contribution >= 4 is 86.8 Å². The van der Waals surface area contributed by atoms with Crippen molar-refractivity contribution in [3.8, 4) is 11.1 Å². The molecule has 1 aromatic carbocycles. The van der Waals surface area contributed by atoms with E-state index in [-0.39, 0.29) is 28.0 Å². The van der Waals surface area contributed by atoms with Crippen molar-refractivity contribution in [1.82, 2.24) is 19.9 Å². The highest BCUT2D eigenvalue weighted by atomic mass is 32.2. The molecule has 16 nitrogen and oxygen atoms in total. The first-order valence-electron chi connectivity index (χ1n) is 12.5. The molecule has 4 aromatic rings. The van der Waals surface area contributed by atoms with Crippen LogP contribution in [0.2, 0.25) is 0 Å². The Morgan fingerprint density at radius 1 is 0.500 bits per heavy atom. The molecule has 20 heteroatoms. The molecule has 0 radical (unpaired) electrons. The van der Waals surface area contributed by atoms with Crippen LogP contribution in [0.25, 0.3) is 57.5 Å². The number of nitrogens with one attached hydrogen (secondary N) is 2. The summed E-state index contributed by atoms with van der Waals surface area (Å²) >= 11 is 0. The maximum Gasteiger partial charge on any atom is 0.298 e. The molecule has 0 atom stereocenters. The zero-order chi connectivity index (χ0) is 33.4. The van der Waals surface area contributed by atoms with Gasteiger partial charge in [0.2, 0.25) is 0 Å². The lowest BCUT2D eigenvalue weighted by atomic mass is 10.0. The summed E-state index contributed by atoms with van der Waals surface area (Å²) in [5.74, 6) is 0. The Morgan fingerprint density at radius 3 is 1.43 bits per heavy atom. The lowest BCUT2D eigenvalue weighted by Crippen LogP contribution is -2.05. The van der Waals surface area contributed by atoms with Gasteiger partial charge in [0.25, 0.3) is 40.5 Å². The summed E-state index contributed by atoms with van der Waals surface area (Å²) in [6, 6.07) is 10.9. The molecule has 8 bridgehead atoms. The van der Waals surface area contributed by atoms with Crippen molar-refractivity contribution in [2.75, 3.05) is 0 Å². The van der Waals surface area contributed by atoms with Gasteiger partial charge in [-0.05, 0) is 48.1 Å². The summed E-state index contributed by atoms with van der Waals surface area (Å²) in [5.41, 5.74) is -3.25. The first-order chi connectivity index (χ1) is 21.3. The van der Waals surface area contributed by atoms with E-state index in [2.05, 4.69) is 19.9 Å². The molecule has 0 unspecified atom stereocenters. The monoisotopic (exact) mass is 706 g/mol. The summed E-state index contributed by atoms with van der Waals surface area (Å²) in [5, 5.41) is 0. The summed E-state index contributed by atoms with van der Waals surface area (Å²) in [4.78, 5) is 9.29. The molecular weight excluding hydrogens is 689 g/mol. The van der Waals surface area contributed by atoms with Gasteiger partial charge in [0.15, 0.2) is 0 Å². The van der Waals surface area contributed by atoms with E-state index in [0.29, 0.717) is 5.56 Å². The Morgan fingerprint density at radius 2 is 0.957 bits per heavy atom. The Bertz CT molecular complexity index is 2680. The minimum absolute atomic E-state index is 0.0387. The van der Waals surface area contributed by atoms with Gasteiger partial charge in [0, 0.05) is 5.56 Å². The van der Waals surface area contributed by atoms with E-state index in [0.717, 1.165) is 30.4 Å². The molecule has 0 saturated carbocycles. The third-order valence-electron chi connectivity index (χ3n) is 6.80. The smallest absolute Gasteiger partial charge is 0.298 e. The molecule has 238 valence electrons. The van der Waals surface area contributed by atoms with Gasteiger partial charge in [0.1, 0.15) is 19.6 Å². The van der Waals surface area contributed by atoms with Gasteiger partial charge in [0.05, 0.1) is 44.8 Å². The molecule has 0 amide bonds. The molecule has 0 spiro atoms. The number of benzene rings is 1. The average Bonchev–Trinajstić information content (AvgIpc) is 3.72. The fourth-order valence-electron chi connectivity index (χ4n) is 5.10. The summed E-state index contributed by atoms with van der Waals surface area (Å²) in [6.07, 6.45) is 4.29. The van der Waals surface area contributed by atoms with Gasteiger partial charge in [-0.2, -0.15) is 33.7 Å². The van der Waals surface area contributed by atoms with Gasteiger partial charge in [-0.15, -0.1) is 0 Å². The summed E-state index contributed by atoms with van der Waals surface area (Å²) in [6.45, 7) is 0. The summed E-state index contributed by atoms with van der Waals surface area (Å²) < 4.78 is 142. The maximum atomic E-state index is 12.8. The van der Waals surface area contributed by atoms with Gasteiger partial charge >= 0.3 is 0 Å². The van der Waals surface area contributed by atoms with Crippen LogP contribution in [0.4, 0.5) is 0 Å². The number of aromatic amines is 2. The van der Waals surface area contributed by atoms with Crippen molar-refractivity contribution < 1.29 is 51.9 Å².